The van der Waals surface area contributed by atoms with Crippen molar-refractivity contribution in [3.8, 4) is 0 Å². The Balaban J connectivity index is 2.00. The Hall–Kier alpha value is -2.65. The number of carbonyl (C=O) groups excluding carboxylic acids is 1. The van der Waals surface area contributed by atoms with Crippen LogP contribution in [0.25, 0.3) is 11.0 Å². The van der Waals surface area contributed by atoms with E-state index in [1.54, 1.807) is 24.4 Å². The number of nitrogens with zero attached hydrogens (tertiary/aromatic N) is 1. The number of hydrogen-bond acceptors (Lipinski definition) is 8. The number of nitro groups is 1. The molecule has 30 heavy (non-hydrogen) atoms. The molecule has 0 bridgehead atoms. The number of thiophene rings is 1. The lowest BCUT2D eigenvalue weighted by atomic mass is 9.86. The van der Waals surface area contributed by atoms with E-state index in [0.717, 1.165) is 34.0 Å². The molecule has 0 saturated carbocycles. The largest absolute Gasteiger partial charge is 0.466 e. The minimum atomic E-state index is -0.564. The number of esters is 1. The van der Waals surface area contributed by atoms with Gasteiger partial charge in [0.2, 0.25) is 0 Å². The highest BCUT2D eigenvalue weighted by Gasteiger charge is 2.26. The van der Waals surface area contributed by atoms with Crippen molar-refractivity contribution in [1.82, 2.24) is 0 Å². The summed E-state index contributed by atoms with van der Waals surface area (Å²) < 4.78 is 10.6. The fourth-order valence-corrected chi connectivity index (χ4v) is 5.05. The normalized spacial score (nSPS) is 11.6. The van der Waals surface area contributed by atoms with Gasteiger partial charge in [0.1, 0.15) is 9.79 Å². The summed E-state index contributed by atoms with van der Waals surface area (Å²) in [5, 5.41) is 13.9. The number of fused-ring (bicyclic) bond motifs is 1. The standard InChI is InChI=1S/C21H21NO6S2/c1-5-27-17(23)10-13-11-29-20(18(13)22(25)26)30-16-9-12-8-14(21(2,3)4)6-7-15(12)28-19(16)24/h6-9,11H,5,10H2,1-4H3. The number of rotatable bonds is 6. The Labute approximate surface area is 181 Å². The van der Waals surface area contributed by atoms with Crippen LogP contribution in [0, 0.1) is 10.1 Å². The number of ether oxygens (including phenoxy) is 1. The molecule has 0 aliphatic heterocycles. The maximum Gasteiger partial charge on any atom is 0.350 e. The molecule has 158 valence electrons. The van der Waals surface area contributed by atoms with E-state index in [0.29, 0.717) is 9.79 Å². The fourth-order valence-electron chi connectivity index (χ4n) is 2.87. The van der Waals surface area contributed by atoms with E-state index in [4.69, 9.17) is 9.15 Å². The molecule has 0 spiro atoms. The summed E-state index contributed by atoms with van der Waals surface area (Å²) in [7, 11) is 0. The first-order valence-electron chi connectivity index (χ1n) is 9.26. The molecule has 3 rings (SSSR count). The van der Waals surface area contributed by atoms with Crippen LogP contribution in [0.5, 0.6) is 0 Å². The van der Waals surface area contributed by atoms with Crippen molar-refractivity contribution < 1.29 is 18.9 Å². The van der Waals surface area contributed by atoms with Gasteiger partial charge in [0.05, 0.1) is 28.4 Å². The maximum atomic E-state index is 12.4. The predicted molar refractivity (Wildman–Crippen MR) is 117 cm³/mol. The Bertz CT molecular complexity index is 1170. The molecule has 3 aromatic rings. The number of carbonyl (C=O) groups is 1. The van der Waals surface area contributed by atoms with Gasteiger partial charge in [-0.2, -0.15) is 0 Å². The van der Waals surface area contributed by atoms with Crippen molar-refractivity contribution in [3.05, 3.63) is 61.3 Å². The summed E-state index contributed by atoms with van der Waals surface area (Å²) in [6.07, 6.45) is -0.192. The van der Waals surface area contributed by atoms with Crippen LogP contribution in [0.4, 0.5) is 5.69 Å². The second-order valence-electron chi connectivity index (χ2n) is 7.64. The van der Waals surface area contributed by atoms with Gasteiger partial charge in [0, 0.05) is 10.8 Å². The summed E-state index contributed by atoms with van der Waals surface area (Å²) >= 11 is 2.09. The van der Waals surface area contributed by atoms with Crippen molar-refractivity contribution in [1.29, 1.82) is 0 Å². The Morgan fingerprint density at radius 1 is 1.30 bits per heavy atom. The second-order valence-corrected chi connectivity index (χ2v) is 9.83. The third-order valence-electron chi connectivity index (χ3n) is 4.40. The molecule has 0 N–H and O–H groups in total. The third-order valence-corrected chi connectivity index (χ3v) is 6.63. The van der Waals surface area contributed by atoms with E-state index < -0.39 is 16.5 Å². The highest BCUT2D eigenvalue weighted by Crippen LogP contribution is 2.42. The molecule has 0 atom stereocenters. The van der Waals surface area contributed by atoms with Gasteiger partial charge < -0.3 is 9.15 Å². The molecule has 0 aliphatic rings. The molecular formula is C21H21NO6S2. The molecule has 0 unspecified atom stereocenters. The van der Waals surface area contributed by atoms with Gasteiger partial charge in [-0.15, -0.1) is 11.3 Å². The van der Waals surface area contributed by atoms with Crippen molar-refractivity contribution in [3.63, 3.8) is 0 Å². The van der Waals surface area contributed by atoms with Crippen LogP contribution in [0.2, 0.25) is 0 Å². The first-order valence-corrected chi connectivity index (χ1v) is 11.0. The molecule has 0 fully saturated rings. The molecule has 2 heterocycles. The van der Waals surface area contributed by atoms with Crippen molar-refractivity contribution >= 4 is 45.7 Å². The molecule has 7 nitrogen and oxygen atoms in total. The maximum absolute atomic E-state index is 12.4. The predicted octanol–water partition coefficient (Wildman–Crippen LogP) is 5.32. The van der Waals surface area contributed by atoms with Crippen molar-refractivity contribution in [2.75, 3.05) is 6.61 Å². The van der Waals surface area contributed by atoms with E-state index >= 15 is 0 Å². The molecule has 0 radical (unpaired) electrons. The first kappa shape index (κ1) is 22.0. The van der Waals surface area contributed by atoms with E-state index in [9.17, 15) is 19.7 Å². The summed E-state index contributed by atoms with van der Waals surface area (Å²) in [6, 6.07) is 7.33. The minimum Gasteiger partial charge on any atom is -0.466 e. The Morgan fingerprint density at radius 2 is 2.03 bits per heavy atom. The van der Waals surface area contributed by atoms with Crippen LogP contribution < -0.4 is 5.63 Å². The zero-order valence-corrected chi connectivity index (χ0v) is 18.6. The van der Waals surface area contributed by atoms with Gasteiger partial charge in [-0.05, 0) is 36.1 Å². The molecule has 1 aromatic carbocycles. The monoisotopic (exact) mass is 447 g/mol. The molecular weight excluding hydrogens is 426 g/mol. The van der Waals surface area contributed by atoms with Crippen LogP contribution >= 0.6 is 23.1 Å². The fraction of sp³-hybridized carbons (Fsp3) is 0.333. The highest BCUT2D eigenvalue weighted by atomic mass is 32.2. The molecule has 0 saturated heterocycles. The summed E-state index contributed by atoms with van der Waals surface area (Å²) in [4.78, 5) is 35.5. The quantitative estimate of drug-likeness (QED) is 0.218. The van der Waals surface area contributed by atoms with Crippen LogP contribution in [0.3, 0.4) is 0 Å². The van der Waals surface area contributed by atoms with Gasteiger partial charge in [-0.1, -0.05) is 38.6 Å². The van der Waals surface area contributed by atoms with E-state index in [1.165, 1.54) is 0 Å². The first-order chi connectivity index (χ1) is 14.1. The van der Waals surface area contributed by atoms with Gasteiger partial charge >= 0.3 is 11.6 Å². The molecule has 2 aromatic heterocycles. The summed E-state index contributed by atoms with van der Waals surface area (Å²) in [5.41, 5.74) is 0.990. The SMILES string of the molecule is CCOC(=O)Cc1csc(Sc2cc3cc(C(C)(C)C)ccc3oc2=O)c1[N+](=O)[O-]. The van der Waals surface area contributed by atoms with Crippen LogP contribution in [0.1, 0.15) is 38.8 Å². The van der Waals surface area contributed by atoms with Crippen LogP contribution in [-0.4, -0.2) is 17.5 Å². The average molecular weight is 448 g/mol. The zero-order valence-electron chi connectivity index (χ0n) is 17.0. The molecule has 0 aliphatic carbocycles. The third kappa shape index (κ3) is 4.73. The minimum absolute atomic E-state index is 0.0772. The molecule has 0 amide bonds. The van der Waals surface area contributed by atoms with Gasteiger partial charge in [-0.25, -0.2) is 4.79 Å². The number of hydrogen-bond donors (Lipinski definition) is 0. The van der Waals surface area contributed by atoms with E-state index in [2.05, 4.69) is 20.8 Å². The van der Waals surface area contributed by atoms with Crippen molar-refractivity contribution in [2.45, 2.75) is 48.6 Å². The number of benzene rings is 1. The van der Waals surface area contributed by atoms with Crippen molar-refractivity contribution in [2.24, 2.45) is 0 Å². The Kier molecular flexibility index (Phi) is 6.33. The van der Waals surface area contributed by atoms with Gasteiger partial charge in [-0.3, -0.25) is 14.9 Å². The summed E-state index contributed by atoms with van der Waals surface area (Å²) in [6.45, 7) is 8.13. The lowest BCUT2D eigenvalue weighted by Gasteiger charge is -2.19. The molecule has 9 heteroatoms. The average Bonchev–Trinajstić information content (AvgIpc) is 3.03. The van der Waals surface area contributed by atoms with Crippen LogP contribution in [0.15, 0.2) is 48.0 Å². The summed E-state index contributed by atoms with van der Waals surface area (Å²) in [5.74, 6) is -0.533. The smallest absolute Gasteiger partial charge is 0.350 e. The van der Waals surface area contributed by atoms with E-state index in [-0.39, 0.29) is 34.6 Å². The van der Waals surface area contributed by atoms with Gasteiger partial charge in [0.25, 0.3) is 5.69 Å². The second kappa shape index (κ2) is 8.61. The zero-order chi connectivity index (χ0) is 22.1. The topological polar surface area (TPSA) is 99.7 Å². The van der Waals surface area contributed by atoms with Crippen LogP contribution in [-0.2, 0) is 21.4 Å². The van der Waals surface area contributed by atoms with Gasteiger partial charge in [0.15, 0.2) is 0 Å². The lowest BCUT2D eigenvalue weighted by Crippen LogP contribution is -2.11. The van der Waals surface area contributed by atoms with E-state index in [1.807, 2.05) is 12.1 Å². The highest BCUT2D eigenvalue weighted by molar-refractivity contribution is 8.01. The Morgan fingerprint density at radius 3 is 2.67 bits per heavy atom. The lowest BCUT2D eigenvalue weighted by molar-refractivity contribution is -0.387.